The minimum Gasteiger partial charge on any atom is -0.394 e. The SMILES string of the molecule is CC1(C)C(=O)N(CCOCCOCCOCCO)C(C)(C)N1Cl. The summed E-state index contributed by atoms with van der Waals surface area (Å²) in [5.74, 6) is -0.00150. The highest BCUT2D eigenvalue weighted by molar-refractivity contribution is 6.17. The lowest BCUT2D eigenvalue weighted by Gasteiger charge is -2.35. The zero-order valence-electron chi connectivity index (χ0n) is 14.5. The molecule has 0 aliphatic carbocycles. The van der Waals surface area contributed by atoms with Crippen LogP contribution in [-0.2, 0) is 19.0 Å². The third-order valence-electron chi connectivity index (χ3n) is 3.84. The molecular formula is C15H29ClN2O5. The molecule has 1 N–H and O–H groups in total. The van der Waals surface area contributed by atoms with Crippen molar-refractivity contribution >= 4 is 17.7 Å². The molecule has 0 unspecified atom stereocenters. The van der Waals surface area contributed by atoms with Crippen LogP contribution in [0.5, 0.6) is 0 Å². The average Bonchev–Trinajstić information content (AvgIpc) is 2.61. The van der Waals surface area contributed by atoms with Crippen LogP contribution < -0.4 is 0 Å². The quantitative estimate of drug-likeness (QED) is 0.439. The Morgan fingerprint density at radius 3 is 1.87 bits per heavy atom. The molecule has 1 rings (SSSR count). The van der Waals surface area contributed by atoms with E-state index in [0.717, 1.165) is 0 Å². The molecular weight excluding hydrogens is 324 g/mol. The number of aliphatic hydroxyl groups is 1. The first kappa shape index (κ1) is 20.6. The van der Waals surface area contributed by atoms with E-state index in [9.17, 15) is 4.79 Å². The van der Waals surface area contributed by atoms with Crippen LogP contribution in [0, 0.1) is 0 Å². The number of hydrogen-bond acceptors (Lipinski definition) is 6. The topological polar surface area (TPSA) is 71.5 Å². The van der Waals surface area contributed by atoms with Gasteiger partial charge in [-0.15, -0.1) is 0 Å². The van der Waals surface area contributed by atoms with Crippen molar-refractivity contribution in [2.45, 2.75) is 38.9 Å². The van der Waals surface area contributed by atoms with Crippen LogP contribution in [-0.4, -0.2) is 84.3 Å². The van der Waals surface area contributed by atoms with Crippen molar-refractivity contribution < 1.29 is 24.1 Å². The molecule has 1 fully saturated rings. The van der Waals surface area contributed by atoms with E-state index >= 15 is 0 Å². The smallest absolute Gasteiger partial charge is 0.245 e. The van der Waals surface area contributed by atoms with Crippen LogP contribution in [0.3, 0.4) is 0 Å². The number of rotatable bonds is 11. The van der Waals surface area contributed by atoms with Crippen molar-refractivity contribution in [2.75, 3.05) is 52.8 Å². The first-order chi connectivity index (χ1) is 10.8. The van der Waals surface area contributed by atoms with Crippen LogP contribution in [0.4, 0.5) is 0 Å². The van der Waals surface area contributed by atoms with Crippen LogP contribution in [0.1, 0.15) is 27.7 Å². The lowest BCUT2D eigenvalue weighted by Crippen LogP contribution is -2.47. The second kappa shape index (κ2) is 9.15. The number of hydrogen-bond donors (Lipinski definition) is 1. The fourth-order valence-electron chi connectivity index (χ4n) is 2.59. The standard InChI is InChI=1S/C15H29ClN2O5/c1-14(2)13(20)17(15(3,4)18(14)16)5-7-21-9-11-23-12-10-22-8-6-19/h19H,5-12H2,1-4H3. The Bertz CT molecular complexity index is 379. The minimum atomic E-state index is -0.720. The molecule has 136 valence electrons. The van der Waals surface area contributed by atoms with Gasteiger partial charge in [-0.05, 0) is 39.5 Å². The first-order valence-corrected chi connectivity index (χ1v) is 8.22. The number of aliphatic hydroxyl groups excluding tert-OH is 1. The zero-order chi connectivity index (χ0) is 17.5. The number of amides is 1. The van der Waals surface area contributed by atoms with Crippen LogP contribution >= 0.6 is 11.8 Å². The van der Waals surface area contributed by atoms with Gasteiger partial charge in [0, 0.05) is 6.54 Å². The predicted molar refractivity (Wildman–Crippen MR) is 87.1 cm³/mol. The number of ether oxygens (including phenoxy) is 3. The van der Waals surface area contributed by atoms with E-state index in [2.05, 4.69) is 0 Å². The van der Waals surface area contributed by atoms with Crippen LogP contribution in [0.2, 0.25) is 0 Å². The average molecular weight is 353 g/mol. The van der Waals surface area contributed by atoms with Gasteiger partial charge in [0.1, 0.15) is 11.2 Å². The summed E-state index contributed by atoms with van der Waals surface area (Å²) in [6.45, 7) is 10.6. The Labute approximate surface area is 143 Å². The molecule has 1 aliphatic heterocycles. The number of nitrogens with zero attached hydrogens (tertiary/aromatic N) is 2. The van der Waals surface area contributed by atoms with Crippen molar-refractivity contribution in [1.82, 2.24) is 9.32 Å². The van der Waals surface area contributed by atoms with E-state index in [-0.39, 0.29) is 12.5 Å². The predicted octanol–water partition coefficient (Wildman–Crippen LogP) is 0.841. The van der Waals surface area contributed by atoms with Gasteiger partial charge in [0.2, 0.25) is 5.91 Å². The number of halogens is 1. The Morgan fingerprint density at radius 2 is 1.43 bits per heavy atom. The van der Waals surface area contributed by atoms with Gasteiger partial charge < -0.3 is 24.2 Å². The van der Waals surface area contributed by atoms with Gasteiger partial charge >= 0.3 is 0 Å². The van der Waals surface area contributed by atoms with Gasteiger partial charge in [-0.1, -0.05) is 0 Å². The third-order valence-corrected chi connectivity index (χ3v) is 4.68. The lowest BCUT2D eigenvalue weighted by molar-refractivity contribution is -0.134. The zero-order valence-corrected chi connectivity index (χ0v) is 15.3. The monoisotopic (exact) mass is 352 g/mol. The van der Waals surface area contributed by atoms with E-state index in [1.54, 1.807) is 9.32 Å². The Balaban J connectivity index is 2.17. The van der Waals surface area contributed by atoms with E-state index in [0.29, 0.717) is 46.2 Å². The van der Waals surface area contributed by atoms with Crippen LogP contribution in [0.15, 0.2) is 0 Å². The highest BCUT2D eigenvalue weighted by Crippen LogP contribution is 2.39. The molecule has 0 aromatic rings. The summed E-state index contributed by atoms with van der Waals surface area (Å²) in [6.07, 6.45) is 0. The van der Waals surface area contributed by atoms with Crippen LogP contribution in [0.25, 0.3) is 0 Å². The maximum atomic E-state index is 12.4. The molecule has 1 heterocycles. The van der Waals surface area contributed by atoms with Crippen molar-refractivity contribution in [2.24, 2.45) is 0 Å². The molecule has 1 aliphatic rings. The Hall–Kier alpha value is -0.440. The summed E-state index contributed by atoms with van der Waals surface area (Å²) in [7, 11) is 0. The Morgan fingerprint density at radius 1 is 0.957 bits per heavy atom. The van der Waals surface area contributed by atoms with Crippen molar-refractivity contribution in [3.8, 4) is 0 Å². The van der Waals surface area contributed by atoms with Gasteiger partial charge in [-0.25, -0.2) is 0 Å². The molecule has 7 nitrogen and oxygen atoms in total. The van der Waals surface area contributed by atoms with Gasteiger partial charge in [0.15, 0.2) is 0 Å². The van der Waals surface area contributed by atoms with Gasteiger partial charge in [-0.3, -0.25) is 4.79 Å². The fourth-order valence-corrected chi connectivity index (χ4v) is 2.75. The largest absolute Gasteiger partial charge is 0.394 e. The summed E-state index contributed by atoms with van der Waals surface area (Å²) < 4.78 is 17.5. The number of carbonyl (C=O) groups is 1. The third kappa shape index (κ3) is 5.27. The molecule has 1 saturated heterocycles. The van der Waals surface area contributed by atoms with E-state index in [4.69, 9.17) is 31.1 Å². The summed E-state index contributed by atoms with van der Waals surface area (Å²) in [5, 5.41) is 8.54. The summed E-state index contributed by atoms with van der Waals surface area (Å²) >= 11 is 6.30. The molecule has 0 spiro atoms. The van der Waals surface area contributed by atoms with Crippen molar-refractivity contribution in [3.05, 3.63) is 0 Å². The lowest BCUT2D eigenvalue weighted by atomic mass is 10.1. The highest BCUT2D eigenvalue weighted by Gasteiger charge is 2.55. The van der Waals surface area contributed by atoms with Gasteiger partial charge in [0.05, 0.1) is 46.2 Å². The summed E-state index contributed by atoms with van der Waals surface area (Å²) in [5.41, 5.74) is -1.27. The fraction of sp³-hybridized carbons (Fsp3) is 0.933. The maximum Gasteiger partial charge on any atom is 0.245 e. The molecule has 0 aromatic heterocycles. The Kier molecular flexibility index (Phi) is 8.20. The molecule has 8 heteroatoms. The number of carbonyl (C=O) groups excluding carboxylic acids is 1. The molecule has 0 atom stereocenters. The van der Waals surface area contributed by atoms with Crippen molar-refractivity contribution in [3.63, 3.8) is 0 Å². The van der Waals surface area contributed by atoms with E-state index in [1.165, 1.54) is 0 Å². The summed E-state index contributed by atoms with van der Waals surface area (Å²) in [6, 6.07) is 0. The van der Waals surface area contributed by atoms with Gasteiger partial charge in [-0.2, -0.15) is 4.42 Å². The van der Waals surface area contributed by atoms with Crippen molar-refractivity contribution in [1.29, 1.82) is 0 Å². The minimum absolute atomic E-state index is 0.00150. The van der Waals surface area contributed by atoms with Gasteiger partial charge in [0.25, 0.3) is 0 Å². The summed E-state index contributed by atoms with van der Waals surface area (Å²) in [4.78, 5) is 14.2. The van der Waals surface area contributed by atoms with E-state index in [1.807, 2.05) is 27.7 Å². The molecule has 0 saturated carbocycles. The molecule has 23 heavy (non-hydrogen) atoms. The molecule has 1 amide bonds. The molecule has 0 aromatic carbocycles. The molecule has 0 radical (unpaired) electrons. The second-order valence-electron chi connectivity index (χ2n) is 6.35. The van der Waals surface area contributed by atoms with E-state index < -0.39 is 11.2 Å². The first-order valence-electron chi connectivity index (χ1n) is 7.88. The normalized spacial score (nSPS) is 20.4. The highest BCUT2D eigenvalue weighted by atomic mass is 35.5. The maximum absolute atomic E-state index is 12.4. The molecule has 0 bridgehead atoms. The second-order valence-corrected chi connectivity index (χ2v) is 6.69.